The SMILES string of the molecule is CCc1nccc(-c2ccc3c(c2)cc(C(=O)N2CCc4nn(-c5cc(C)c(F)c(C)c5)c(-n5ccn(-c6ccc7c(C)nn(C)c7c6)c5=O)c4C2)n3[C@@]2(c3noc(=O)[nH]3)C[C@@H]2C)c1C. The number of amides is 1. The number of hydrogen-bond donors (Lipinski definition) is 1. The molecule has 0 saturated heterocycles. The molecule has 0 bridgehead atoms. The first kappa shape index (κ1) is 40.2. The van der Waals surface area contributed by atoms with Gasteiger partial charge in [0, 0.05) is 66.2 Å². The van der Waals surface area contributed by atoms with E-state index in [1.54, 1.807) is 61.8 Å². The minimum Gasteiger partial charge on any atom is -0.332 e. The minimum atomic E-state index is -0.842. The predicted octanol–water partition coefficient (Wildman–Crippen LogP) is 7.31. The van der Waals surface area contributed by atoms with E-state index < -0.39 is 11.3 Å². The first-order chi connectivity index (χ1) is 31.3. The summed E-state index contributed by atoms with van der Waals surface area (Å²) in [7, 11) is 1.87. The summed E-state index contributed by atoms with van der Waals surface area (Å²) < 4.78 is 28.8. The van der Waals surface area contributed by atoms with Gasteiger partial charge in [0.1, 0.15) is 22.9 Å². The zero-order valence-corrected chi connectivity index (χ0v) is 37.1. The Balaban J connectivity index is 1.05. The Morgan fingerprint density at radius 2 is 1.71 bits per heavy atom. The van der Waals surface area contributed by atoms with Crippen LogP contribution >= 0.6 is 0 Å². The van der Waals surface area contributed by atoms with Crippen LogP contribution in [0.25, 0.3) is 50.1 Å². The summed E-state index contributed by atoms with van der Waals surface area (Å²) in [6, 6.07) is 19.4. The maximum absolute atomic E-state index is 15.4. The second-order valence-corrected chi connectivity index (χ2v) is 17.7. The molecule has 1 aliphatic heterocycles. The molecule has 9 aromatic rings. The first-order valence-electron chi connectivity index (χ1n) is 21.9. The van der Waals surface area contributed by atoms with Gasteiger partial charge in [-0.15, -0.1) is 0 Å². The highest BCUT2D eigenvalue weighted by molar-refractivity contribution is 6.00. The van der Waals surface area contributed by atoms with Crippen molar-refractivity contribution in [3.63, 3.8) is 0 Å². The van der Waals surface area contributed by atoms with E-state index in [2.05, 4.69) is 53.1 Å². The van der Waals surface area contributed by atoms with Crippen LogP contribution in [0.4, 0.5) is 4.39 Å². The fourth-order valence-corrected chi connectivity index (χ4v) is 10.3. The summed E-state index contributed by atoms with van der Waals surface area (Å²) in [6.07, 6.45) is 7.08. The van der Waals surface area contributed by atoms with Crippen LogP contribution in [0.15, 0.2) is 93.4 Å². The molecule has 3 aromatic carbocycles. The smallest absolute Gasteiger partial charge is 0.332 e. The van der Waals surface area contributed by atoms with E-state index >= 15 is 9.18 Å². The molecule has 1 amide bonds. The number of aromatic amines is 1. The largest absolute Gasteiger partial charge is 0.438 e. The van der Waals surface area contributed by atoms with Crippen molar-refractivity contribution in [2.75, 3.05) is 6.54 Å². The highest BCUT2D eigenvalue weighted by Crippen LogP contribution is 2.56. The number of pyridine rings is 1. The van der Waals surface area contributed by atoms with Gasteiger partial charge in [0.05, 0.1) is 34.8 Å². The van der Waals surface area contributed by atoms with Gasteiger partial charge in [-0.1, -0.05) is 25.1 Å². The van der Waals surface area contributed by atoms with Gasteiger partial charge in [-0.25, -0.2) is 18.7 Å². The fourth-order valence-electron chi connectivity index (χ4n) is 10.3. The van der Waals surface area contributed by atoms with E-state index in [0.717, 1.165) is 62.0 Å². The maximum Gasteiger partial charge on any atom is 0.438 e. The normalized spacial score (nSPS) is 17.1. The molecule has 1 N–H and O–H groups in total. The molecule has 65 heavy (non-hydrogen) atoms. The fraction of sp³-hybridized carbons (Fsp3) is 0.286. The van der Waals surface area contributed by atoms with Crippen molar-refractivity contribution >= 4 is 27.7 Å². The van der Waals surface area contributed by atoms with E-state index in [0.29, 0.717) is 64.8 Å². The molecule has 0 unspecified atom stereocenters. The average Bonchev–Trinajstić information content (AvgIpc) is 3.88. The Morgan fingerprint density at radius 1 is 0.938 bits per heavy atom. The molecule has 0 spiro atoms. The third-order valence-corrected chi connectivity index (χ3v) is 13.8. The molecule has 1 fully saturated rings. The number of carbonyl (C=O) groups is 1. The van der Waals surface area contributed by atoms with E-state index in [9.17, 15) is 9.59 Å². The standard InChI is InChI=1S/C49H46FN11O4/c1-8-38-29(5)35(13-15-51-38)31-9-12-40-32(21-31)22-42(60(40)49(24-28(49)4)46-52-47(63)65-55-46)45(62)57-16-14-39-37(25-57)44(61(54-39)34-19-26(2)43(50)27(3)20-34)59-18-17-58(48(59)64)33-10-11-36-30(6)53-56(7)41(36)23-33/h9-13,15,17-23,28H,8,14,16,24-25H2,1-7H3,(H,52,55,63)/t28-,49-/m0/s1. The molecule has 7 heterocycles. The van der Waals surface area contributed by atoms with Crippen LogP contribution in [-0.2, 0) is 32.0 Å². The second-order valence-electron chi connectivity index (χ2n) is 17.7. The van der Waals surface area contributed by atoms with E-state index in [-0.39, 0.29) is 29.9 Å². The average molecular weight is 872 g/mol. The molecule has 1 saturated carbocycles. The lowest BCUT2D eigenvalue weighted by atomic mass is 9.98. The third kappa shape index (κ3) is 6.02. The number of nitrogens with zero attached hydrogens (tertiary/aromatic N) is 10. The summed E-state index contributed by atoms with van der Waals surface area (Å²) in [5.74, 6) is -0.377. The van der Waals surface area contributed by atoms with Gasteiger partial charge in [-0.2, -0.15) is 10.2 Å². The number of carbonyl (C=O) groups excluding carboxylic acids is 1. The Labute approximate surface area is 371 Å². The van der Waals surface area contributed by atoms with E-state index in [4.69, 9.17) is 9.62 Å². The van der Waals surface area contributed by atoms with Gasteiger partial charge >= 0.3 is 11.4 Å². The Bertz CT molecular complexity index is 3560. The van der Waals surface area contributed by atoms with Crippen molar-refractivity contribution in [3.05, 3.63) is 157 Å². The van der Waals surface area contributed by atoms with Gasteiger partial charge < -0.3 is 9.47 Å². The van der Waals surface area contributed by atoms with Gasteiger partial charge in [0.2, 0.25) is 0 Å². The third-order valence-electron chi connectivity index (χ3n) is 13.8. The molecule has 328 valence electrons. The topological polar surface area (TPSA) is 160 Å². The lowest BCUT2D eigenvalue weighted by molar-refractivity contribution is 0.0721. The van der Waals surface area contributed by atoms with Crippen molar-refractivity contribution in [2.45, 2.75) is 72.9 Å². The van der Waals surface area contributed by atoms with Crippen molar-refractivity contribution in [1.82, 2.24) is 53.3 Å². The van der Waals surface area contributed by atoms with Crippen LogP contribution in [0.1, 0.15) is 75.9 Å². The van der Waals surface area contributed by atoms with Gasteiger partial charge in [0.15, 0.2) is 5.82 Å². The van der Waals surface area contributed by atoms with Crippen molar-refractivity contribution < 1.29 is 13.7 Å². The zero-order valence-electron chi connectivity index (χ0n) is 37.1. The molecular formula is C49H46FN11O4. The van der Waals surface area contributed by atoms with E-state index in [1.165, 1.54) is 0 Å². The van der Waals surface area contributed by atoms with Gasteiger partial charge in [-0.3, -0.25) is 33.1 Å². The number of aryl methyl sites for hydroxylation is 5. The zero-order chi connectivity index (χ0) is 45.2. The quantitative estimate of drug-likeness (QED) is 0.167. The number of benzene rings is 3. The van der Waals surface area contributed by atoms with Crippen molar-refractivity contribution in [1.29, 1.82) is 0 Å². The molecule has 0 radical (unpaired) electrons. The van der Waals surface area contributed by atoms with Crippen LogP contribution < -0.4 is 11.4 Å². The number of imidazole rings is 1. The second kappa shape index (κ2) is 14.5. The molecule has 16 heteroatoms. The van der Waals surface area contributed by atoms with Crippen LogP contribution in [0, 0.1) is 39.4 Å². The first-order valence-corrected chi connectivity index (χ1v) is 21.9. The number of nitrogens with one attached hydrogen (secondary N) is 1. The minimum absolute atomic E-state index is 0.0126. The molecular weight excluding hydrogens is 826 g/mol. The predicted molar refractivity (Wildman–Crippen MR) is 243 cm³/mol. The van der Waals surface area contributed by atoms with Crippen molar-refractivity contribution in [2.24, 2.45) is 13.0 Å². The van der Waals surface area contributed by atoms with Crippen LogP contribution in [0.2, 0.25) is 0 Å². The van der Waals surface area contributed by atoms with E-state index in [1.807, 2.05) is 61.1 Å². The lowest BCUT2D eigenvalue weighted by Gasteiger charge is -2.29. The molecule has 2 atom stereocenters. The molecule has 11 rings (SSSR count). The van der Waals surface area contributed by atoms with Crippen molar-refractivity contribution in [3.8, 4) is 28.3 Å². The Hall–Kier alpha value is -7.62. The highest BCUT2D eigenvalue weighted by atomic mass is 19.1. The molecule has 2 aliphatic rings. The number of halogens is 1. The van der Waals surface area contributed by atoms with Gasteiger partial charge in [0.25, 0.3) is 5.91 Å². The molecule has 6 aromatic heterocycles. The Morgan fingerprint density at radius 3 is 2.43 bits per heavy atom. The summed E-state index contributed by atoms with van der Waals surface area (Å²) in [4.78, 5) is 51.7. The number of rotatable bonds is 8. The summed E-state index contributed by atoms with van der Waals surface area (Å²) in [5, 5.41) is 15.7. The summed E-state index contributed by atoms with van der Waals surface area (Å²) in [6.45, 7) is 12.1. The number of H-pyrrole nitrogens is 1. The van der Waals surface area contributed by atoms with Gasteiger partial charge in [-0.05, 0) is 129 Å². The maximum atomic E-state index is 15.4. The summed E-state index contributed by atoms with van der Waals surface area (Å²) in [5.41, 5.74) is 9.57. The highest BCUT2D eigenvalue weighted by Gasteiger charge is 2.59. The van der Waals surface area contributed by atoms with Crippen LogP contribution in [0.3, 0.4) is 0 Å². The lowest BCUT2D eigenvalue weighted by Crippen LogP contribution is -2.39. The van der Waals surface area contributed by atoms with Crippen LogP contribution in [0.5, 0.6) is 0 Å². The monoisotopic (exact) mass is 871 g/mol. The molecule has 15 nitrogen and oxygen atoms in total. The summed E-state index contributed by atoms with van der Waals surface area (Å²) >= 11 is 0. The Kier molecular flexibility index (Phi) is 8.93. The number of fused-ring (bicyclic) bond motifs is 3. The van der Waals surface area contributed by atoms with Crippen LogP contribution in [-0.4, -0.2) is 65.7 Å². The molecule has 1 aliphatic carbocycles. The number of hydrogen-bond acceptors (Lipinski definition) is 8. The number of aromatic nitrogens is 10.